The lowest BCUT2D eigenvalue weighted by Gasteiger charge is -2.42. The van der Waals surface area contributed by atoms with Crippen LogP contribution in [0.5, 0.6) is 5.75 Å². The van der Waals surface area contributed by atoms with Gasteiger partial charge in [-0.3, -0.25) is 20.6 Å². The third-order valence-electron chi connectivity index (χ3n) is 6.74. The monoisotopic (exact) mass is 467 g/mol. The van der Waals surface area contributed by atoms with Gasteiger partial charge in [-0.15, -0.1) is 0 Å². The Morgan fingerprint density at radius 3 is 2.45 bits per heavy atom. The van der Waals surface area contributed by atoms with E-state index in [2.05, 4.69) is 62.6 Å². The Morgan fingerprint density at radius 1 is 1.12 bits per heavy atom. The lowest BCUT2D eigenvalue weighted by atomic mass is 9.62. The largest absolute Gasteiger partial charge is 0.504 e. The van der Waals surface area contributed by atoms with Gasteiger partial charge in [0.25, 0.3) is 0 Å². The number of halogens is 1. The maximum absolute atomic E-state index is 12.5. The highest BCUT2D eigenvalue weighted by Crippen LogP contribution is 2.46. The second-order valence-electron chi connectivity index (χ2n) is 10.1. The molecule has 1 amide bonds. The maximum Gasteiger partial charge on any atom is 0.305 e. The Hall–Kier alpha value is -2.99. The molecule has 4 rings (SSSR count). The van der Waals surface area contributed by atoms with Crippen molar-refractivity contribution in [3.63, 3.8) is 0 Å². The second-order valence-corrected chi connectivity index (χ2v) is 10.5. The highest BCUT2D eigenvalue weighted by atomic mass is 35.5. The van der Waals surface area contributed by atoms with Gasteiger partial charge in [-0.25, -0.2) is 0 Å². The number of carbonyl (C=O) groups is 1. The number of rotatable bonds is 5. The molecule has 6 nitrogen and oxygen atoms in total. The molecule has 0 unspecified atom stereocenters. The second kappa shape index (κ2) is 8.41. The molecule has 0 aliphatic heterocycles. The third-order valence-corrected chi connectivity index (χ3v) is 7.03. The number of benzene rings is 1. The van der Waals surface area contributed by atoms with E-state index in [1.54, 1.807) is 6.07 Å². The number of hydrogen-bond donors (Lipinski definition) is 3. The van der Waals surface area contributed by atoms with Gasteiger partial charge in [-0.1, -0.05) is 51.4 Å². The third kappa shape index (κ3) is 4.58. The minimum Gasteiger partial charge on any atom is -0.504 e. The number of nitrogens with one attached hydrogen (secondary N) is 2. The summed E-state index contributed by atoms with van der Waals surface area (Å²) in [7, 11) is 0. The number of fused-ring (bicyclic) bond motifs is 1. The number of hydrazine groups is 1. The predicted molar refractivity (Wildman–Crippen MR) is 130 cm³/mol. The van der Waals surface area contributed by atoms with E-state index in [1.165, 1.54) is 41.1 Å². The molecule has 0 atom stereocenters. The smallest absolute Gasteiger partial charge is 0.305 e. The van der Waals surface area contributed by atoms with E-state index in [9.17, 15) is 9.90 Å². The summed E-state index contributed by atoms with van der Waals surface area (Å²) in [6.07, 6.45) is 5.54. The van der Waals surface area contributed by atoms with Gasteiger partial charge in [0.2, 0.25) is 0 Å². The molecule has 0 saturated carbocycles. The molecule has 174 valence electrons. The van der Waals surface area contributed by atoms with Crippen LogP contribution in [0, 0.1) is 6.92 Å². The summed E-state index contributed by atoms with van der Waals surface area (Å²) in [5, 5.41) is 10.0. The van der Waals surface area contributed by atoms with Crippen molar-refractivity contribution in [2.24, 2.45) is 0 Å². The van der Waals surface area contributed by atoms with E-state index in [0.29, 0.717) is 12.2 Å². The summed E-state index contributed by atoms with van der Waals surface area (Å²) in [5.74, 6) is 0.232. The van der Waals surface area contributed by atoms with Crippen LogP contribution in [0.1, 0.15) is 79.1 Å². The van der Waals surface area contributed by atoms with Crippen LogP contribution in [0.3, 0.4) is 0 Å². The molecule has 0 spiro atoms. The number of aromatic nitrogens is 1. The van der Waals surface area contributed by atoms with Crippen molar-refractivity contribution in [2.75, 3.05) is 5.43 Å². The Morgan fingerprint density at radius 2 is 1.79 bits per heavy atom. The number of furan rings is 1. The van der Waals surface area contributed by atoms with Crippen LogP contribution in [0.25, 0.3) is 0 Å². The summed E-state index contributed by atoms with van der Waals surface area (Å²) in [4.78, 5) is 16.3. The molecule has 1 aromatic carbocycles. The first-order valence-corrected chi connectivity index (χ1v) is 11.5. The molecule has 0 radical (unpaired) electrons. The van der Waals surface area contributed by atoms with Gasteiger partial charge in [-0.2, -0.15) is 0 Å². The highest BCUT2D eigenvalue weighted by Gasteiger charge is 2.37. The fourth-order valence-corrected chi connectivity index (χ4v) is 4.67. The number of pyridine rings is 1. The zero-order valence-electron chi connectivity index (χ0n) is 19.7. The van der Waals surface area contributed by atoms with Crippen molar-refractivity contribution in [1.82, 2.24) is 10.4 Å². The van der Waals surface area contributed by atoms with Crippen LogP contribution < -0.4 is 10.9 Å². The number of nitrogens with zero attached hydrogens (tertiary/aromatic N) is 1. The fourth-order valence-electron chi connectivity index (χ4n) is 4.47. The number of carbonyl (C=O) groups excluding carboxylic acids is 1. The van der Waals surface area contributed by atoms with Crippen molar-refractivity contribution < 1.29 is 14.3 Å². The number of hydrogen-bond acceptors (Lipinski definition) is 5. The van der Waals surface area contributed by atoms with Gasteiger partial charge in [-0.05, 0) is 65.0 Å². The van der Waals surface area contributed by atoms with Crippen molar-refractivity contribution in [2.45, 2.75) is 64.7 Å². The summed E-state index contributed by atoms with van der Waals surface area (Å²) in [5.41, 5.74) is 10.8. The number of aryl methyl sites for hydroxylation is 1. The van der Waals surface area contributed by atoms with Crippen LogP contribution in [0.2, 0.25) is 5.02 Å². The number of anilines is 1. The van der Waals surface area contributed by atoms with Crippen LogP contribution >= 0.6 is 11.6 Å². The number of aromatic hydroxyl groups is 1. The van der Waals surface area contributed by atoms with Crippen molar-refractivity contribution >= 4 is 23.2 Å². The van der Waals surface area contributed by atoms with E-state index in [4.69, 9.17) is 16.0 Å². The normalized spacial score (nSPS) is 16.2. The highest BCUT2D eigenvalue weighted by molar-refractivity contribution is 6.33. The molecule has 1 aliphatic carbocycles. The first-order chi connectivity index (χ1) is 15.5. The molecule has 0 saturated heterocycles. The average molecular weight is 468 g/mol. The molecule has 1 aliphatic rings. The average Bonchev–Trinajstić information content (AvgIpc) is 3.21. The van der Waals surface area contributed by atoms with E-state index in [1.807, 2.05) is 6.07 Å². The summed E-state index contributed by atoms with van der Waals surface area (Å²) in [6.45, 7) is 11.4. The Kier molecular flexibility index (Phi) is 5.91. The standard InChI is InChI=1S/C26H30ClN3O3/c1-15-10-18-19(26(4,5)9-8-25(18,2)3)12-16(15)11-17-6-7-22(33-17)24(32)30-29-23-20(27)13-28-14-21(23)31/h6-7,10,12-14,31H,8-9,11H2,1-5H3,(H,28,29)(H,30,32). The van der Waals surface area contributed by atoms with Crippen molar-refractivity contribution in [3.8, 4) is 5.75 Å². The Bertz CT molecular complexity index is 1190. The first-order valence-electron chi connectivity index (χ1n) is 11.1. The zero-order chi connectivity index (χ0) is 24.0. The van der Waals surface area contributed by atoms with Crippen LogP contribution in [-0.4, -0.2) is 16.0 Å². The molecule has 2 heterocycles. The van der Waals surface area contributed by atoms with Crippen molar-refractivity contribution in [3.05, 3.63) is 75.5 Å². The molecule has 3 N–H and O–H groups in total. The molecule has 33 heavy (non-hydrogen) atoms. The summed E-state index contributed by atoms with van der Waals surface area (Å²) >= 11 is 6.00. The van der Waals surface area contributed by atoms with Gasteiger partial charge in [0, 0.05) is 12.6 Å². The molecular weight excluding hydrogens is 438 g/mol. The van der Waals surface area contributed by atoms with Gasteiger partial charge in [0.05, 0.1) is 11.2 Å². The van der Waals surface area contributed by atoms with Gasteiger partial charge in [0.1, 0.15) is 11.4 Å². The molecule has 0 bridgehead atoms. The summed E-state index contributed by atoms with van der Waals surface area (Å²) in [6, 6.07) is 8.11. The molecule has 7 heteroatoms. The quantitative estimate of drug-likeness (QED) is 0.398. The minimum absolute atomic E-state index is 0.132. The fraction of sp³-hybridized carbons (Fsp3) is 0.385. The van der Waals surface area contributed by atoms with Crippen LogP contribution in [0.15, 0.2) is 41.1 Å². The van der Waals surface area contributed by atoms with E-state index in [-0.39, 0.29) is 33.0 Å². The zero-order valence-corrected chi connectivity index (χ0v) is 20.4. The van der Waals surface area contributed by atoms with E-state index >= 15 is 0 Å². The Labute approximate surface area is 199 Å². The molecule has 0 fully saturated rings. The van der Waals surface area contributed by atoms with Crippen molar-refractivity contribution in [1.29, 1.82) is 0 Å². The summed E-state index contributed by atoms with van der Waals surface area (Å²) < 4.78 is 5.83. The predicted octanol–water partition coefficient (Wildman–Crippen LogP) is 6.04. The van der Waals surface area contributed by atoms with Gasteiger partial charge in [0.15, 0.2) is 11.5 Å². The van der Waals surface area contributed by atoms with Gasteiger partial charge >= 0.3 is 5.91 Å². The minimum atomic E-state index is -0.474. The maximum atomic E-state index is 12.5. The SMILES string of the molecule is Cc1cc2c(cc1Cc1ccc(C(=O)NNc3c(O)cncc3Cl)o1)C(C)(C)CCC2(C)C. The van der Waals surface area contributed by atoms with Gasteiger partial charge < -0.3 is 9.52 Å². The van der Waals surface area contributed by atoms with E-state index < -0.39 is 5.91 Å². The first kappa shape index (κ1) is 23.2. The molecule has 3 aromatic rings. The van der Waals surface area contributed by atoms with Crippen LogP contribution in [-0.2, 0) is 17.3 Å². The van der Waals surface area contributed by atoms with Crippen LogP contribution in [0.4, 0.5) is 5.69 Å². The molecular formula is C26H30ClN3O3. The van der Waals surface area contributed by atoms with E-state index in [0.717, 1.165) is 6.42 Å². The lowest BCUT2D eigenvalue weighted by molar-refractivity contribution is 0.0933. The molecule has 2 aromatic heterocycles. The topological polar surface area (TPSA) is 87.4 Å². The lowest BCUT2D eigenvalue weighted by Crippen LogP contribution is -2.34. The Balaban J connectivity index is 1.51. The number of amides is 1.